The van der Waals surface area contributed by atoms with Gasteiger partial charge in [-0.15, -0.1) is 0 Å². The summed E-state index contributed by atoms with van der Waals surface area (Å²) in [6.45, 7) is -0.0753. The monoisotopic (exact) mass is 314 g/mol. The van der Waals surface area contributed by atoms with Crippen molar-refractivity contribution in [1.29, 1.82) is 0 Å². The predicted molar refractivity (Wildman–Crippen MR) is 86.5 cm³/mol. The van der Waals surface area contributed by atoms with Crippen LogP contribution < -0.4 is 4.74 Å². The summed E-state index contributed by atoms with van der Waals surface area (Å²) in [5.41, 5.74) is 3.32. The molecule has 1 heterocycles. The highest BCUT2D eigenvalue weighted by Gasteiger charge is 2.11. The van der Waals surface area contributed by atoms with Gasteiger partial charge in [-0.2, -0.15) is 5.10 Å². The van der Waals surface area contributed by atoms with Crippen LogP contribution in [0.2, 0.25) is 5.02 Å². The first-order chi connectivity index (χ1) is 10.7. The molecule has 0 radical (unpaired) electrons. The summed E-state index contributed by atoms with van der Waals surface area (Å²) < 4.78 is 6.90. The molecule has 0 saturated carbocycles. The molecule has 3 rings (SSSR count). The normalized spacial score (nSPS) is 10.7. The summed E-state index contributed by atoms with van der Waals surface area (Å²) in [5.74, 6) is 0.788. The van der Waals surface area contributed by atoms with Gasteiger partial charge in [0.1, 0.15) is 5.75 Å². The van der Waals surface area contributed by atoms with Gasteiger partial charge in [0.2, 0.25) is 0 Å². The number of methoxy groups -OCH3 is 1. The number of aliphatic hydroxyl groups excluding tert-OH is 1. The van der Waals surface area contributed by atoms with E-state index >= 15 is 0 Å². The lowest BCUT2D eigenvalue weighted by Crippen LogP contribution is -1.95. The summed E-state index contributed by atoms with van der Waals surface area (Å²) in [7, 11) is 1.63. The van der Waals surface area contributed by atoms with Crippen molar-refractivity contribution in [3.63, 3.8) is 0 Å². The molecular weight excluding hydrogens is 300 g/mol. The Morgan fingerprint density at radius 2 is 1.77 bits per heavy atom. The number of nitrogens with zero attached hydrogens (tertiary/aromatic N) is 2. The molecule has 4 nitrogen and oxygen atoms in total. The first-order valence-electron chi connectivity index (χ1n) is 6.81. The average molecular weight is 315 g/mol. The van der Waals surface area contributed by atoms with Gasteiger partial charge in [-0.3, -0.25) is 0 Å². The molecule has 0 aliphatic heterocycles. The Balaban J connectivity index is 2.01. The summed E-state index contributed by atoms with van der Waals surface area (Å²) in [6.07, 6.45) is 1.83. The quantitative estimate of drug-likeness (QED) is 0.799. The van der Waals surface area contributed by atoms with Gasteiger partial charge in [-0.1, -0.05) is 23.7 Å². The summed E-state index contributed by atoms with van der Waals surface area (Å²) in [6, 6.07) is 15.0. The van der Waals surface area contributed by atoms with Crippen molar-refractivity contribution in [2.24, 2.45) is 0 Å². The van der Waals surface area contributed by atoms with Gasteiger partial charge >= 0.3 is 0 Å². The number of hydrogen-bond donors (Lipinski definition) is 1. The molecule has 112 valence electrons. The van der Waals surface area contributed by atoms with E-state index in [-0.39, 0.29) is 6.61 Å². The Bertz CT molecular complexity index is 764. The Hall–Kier alpha value is -2.30. The van der Waals surface area contributed by atoms with Crippen molar-refractivity contribution >= 4 is 11.6 Å². The zero-order valence-electron chi connectivity index (χ0n) is 12.0. The first kappa shape index (κ1) is 14.6. The standard InChI is InChI=1S/C17H15ClN2O2/c1-22-16-8-6-15(7-9-16)20-10-13(11-21)17(19-20)12-2-4-14(18)5-3-12/h2-10,21H,11H2,1H3. The highest BCUT2D eigenvalue weighted by molar-refractivity contribution is 6.30. The van der Waals surface area contributed by atoms with E-state index in [0.29, 0.717) is 5.02 Å². The van der Waals surface area contributed by atoms with Crippen LogP contribution >= 0.6 is 11.6 Å². The molecule has 22 heavy (non-hydrogen) atoms. The average Bonchev–Trinajstić information content (AvgIpc) is 3.00. The molecule has 1 N–H and O–H groups in total. The molecule has 1 aromatic heterocycles. The smallest absolute Gasteiger partial charge is 0.119 e. The van der Waals surface area contributed by atoms with E-state index in [1.165, 1.54) is 0 Å². The zero-order valence-corrected chi connectivity index (χ0v) is 12.8. The molecule has 5 heteroatoms. The Morgan fingerprint density at radius 3 is 2.36 bits per heavy atom. The fourth-order valence-corrected chi connectivity index (χ4v) is 2.37. The number of rotatable bonds is 4. The second-order valence-corrected chi connectivity index (χ2v) is 5.25. The van der Waals surface area contributed by atoms with Crippen molar-refractivity contribution < 1.29 is 9.84 Å². The fraction of sp³-hybridized carbons (Fsp3) is 0.118. The molecule has 2 aromatic carbocycles. The second kappa shape index (κ2) is 6.22. The van der Waals surface area contributed by atoms with Crippen molar-refractivity contribution in [3.8, 4) is 22.7 Å². The number of hydrogen-bond acceptors (Lipinski definition) is 3. The lowest BCUT2D eigenvalue weighted by molar-refractivity contribution is 0.282. The Kier molecular flexibility index (Phi) is 4.13. The Morgan fingerprint density at radius 1 is 1.09 bits per heavy atom. The molecule has 0 saturated heterocycles. The summed E-state index contributed by atoms with van der Waals surface area (Å²) in [4.78, 5) is 0. The highest BCUT2D eigenvalue weighted by Crippen LogP contribution is 2.25. The van der Waals surface area contributed by atoms with Crippen LogP contribution in [0.5, 0.6) is 5.75 Å². The van der Waals surface area contributed by atoms with Crippen LogP contribution in [0.4, 0.5) is 0 Å². The first-order valence-corrected chi connectivity index (χ1v) is 7.19. The second-order valence-electron chi connectivity index (χ2n) is 4.81. The molecule has 0 atom stereocenters. The van der Waals surface area contributed by atoms with E-state index in [1.807, 2.05) is 54.7 Å². The SMILES string of the molecule is COc1ccc(-n2cc(CO)c(-c3ccc(Cl)cc3)n2)cc1. The number of halogens is 1. The van der Waals surface area contributed by atoms with Crippen LogP contribution in [0, 0.1) is 0 Å². The third kappa shape index (κ3) is 2.84. The minimum absolute atomic E-state index is 0.0753. The third-order valence-corrected chi connectivity index (χ3v) is 3.67. The van der Waals surface area contributed by atoms with Gasteiger partial charge < -0.3 is 9.84 Å². The molecule has 0 fully saturated rings. The van der Waals surface area contributed by atoms with Gasteiger partial charge in [0.25, 0.3) is 0 Å². The zero-order chi connectivity index (χ0) is 15.5. The van der Waals surface area contributed by atoms with Gasteiger partial charge in [0.05, 0.1) is 25.1 Å². The number of benzene rings is 2. The fourth-order valence-electron chi connectivity index (χ4n) is 2.24. The highest BCUT2D eigenvalue weighted by atomic mass is 35.5. The van der Waals surface area contributed by atoms with Crippen molar-refractivity contribution in [2.45, 2.75) is 6.61 Å². The molecule has 3 aromatic rings. The van der Waals surface area contributed by atoms with Crippen molar-refractivity contribution in [1.82, 2.24) is 9.78 Å². The molecule has 0 bridgehead atoms. The maximum atomic E-state index is 9.58. The maximum absolute atomic E-state index is 9.58. The lowest BCUT2D eigenvalue weighted by atomic mass is 10.1. The van der Waals surface area contributed by atoms with E-state index in [9.17, 15) is 5.11 Å². The van der Waals surface area contributed by atoms with Crippen LogP contribution in [0.3, 0.4) is 0 Å². The molecule has 0 spiro atoms. The minimum Gasteiger partial charge on any atom is -0.497 e. The molecule has 0 aliphatic carbocycles. The van der Waals surface area contributed by atoms with Gasteiger partial charge in [0, 0.05) is 22.3 Å². The molecule has 0 aliphatic rings. The van der Waals surface area contributed by atoms with Crippen molar-refractivity contribution in [3.05, 3.63) is 65.3 Å². The van der Waals surface area contributed by atoms with Crippen LogP contribution in [0.15, 0.2) is 54.7 Å². The topological polar surface area (TPSA) is 47.3 Å². The van der Waals surface area contributed by atoms with Crippen LogP contribution in [-0.2, 0) is 6.61 Å². The lowest BCUT2D eigenvalue weighted by Gasteiger charge is -2.03. The van der Waals surface area contributed by atoms with E-state index in [4.69, 9.17) is 16.3 Å². The molecule has 0 amide bonds. The van der Waals surface area contributed by atoms with Gasteiger partial charge in [0.15, 0.2) is 0 Å². The number of ether oxygens (including phenoxy) is 1. The number of aliphatic hydroxyl groups is 1. The minimum atomic E-state index is -0.0753. The van der Waals surface area contributed by atoms with E-state index in [1.54, 1.807) is 11.8 Å². The van der Waals surface area contributed by atoms with Gasteiger partial charge in [-0.05, 0) is 36.4 Å². The van der Waals surface area contributed by atoms with Gasteiger partial charge in [-0.25, -0.2) is 4.68 Å². The summed E-state index contributed by atoms with van der Waals surface area (Å²) in [5, 5.41) is 14.8. The van der Waals surface area contributed by atoms with E-state index < -0.39 is 0 Å². The molecule has 0 unspecified atom stereocenters. The number of aromatic nitrogens is 2. The van der Waals surface area contributed by atoms with Crippen LogP contribution in [0.1, 0.15) is 5.56 Å². The van der Waals surface area contributed by atoms with E-state index in [0.717, 1.165) is 28.3 Å². The van der Waals surface area contributed by atoms with Crippen LogP contribution in [0.25, 0.3) is 16.9 Å². The maximum Gasteiger partial charge on any atom is 0.119 e. The Labute approximate surface area is 133 Å². The van der Waals surface area contributed by atoms with E-state index in [2.05, 4.69) is 5.10 Å². The predicted octanol–water partition coefficient (Wildman–Crippen LogP) is 3.69. The van der Waals surface area contributed by atoms with Crippen molar-refractivity contribution in [2.75, 3.05) is 7.11 Å². The third-order valence-electron chi connectivity index (χ3n) is 3.41. The summed E-state index contributed by atoms with van der Waals surface area (Å²) >= 11 is 5.92. The molecular formula is C17H15ClN2O2. The van der Waals surface area contributed by atoms with Crippen LogP contribution in [-0.4, -0.2) is 22.0 Å². The largest absolute Gasteiger partial charge is 0.497 e.